The van der Waals surface area contributed by atoms with Gasteiger partial charge in [0, 0.05) is 6.61 Å². The maximum absolute atomic E-state index is 8.99. The minimum atomic E-state index is -0.301. The second-order valence-corrected chi connectivity index (χ2v) is 5.44. The van der Waals surface area contributed by atoms with Gasteiger partial charge in [-0.05, 0) is 51.2 Å². The summed E-state index contributed by atoms with van der Waals surface area (Å²) in [5.41, 5.74) is 2.21. The summed E-state index contributed by atoms with van der Waals surface area (Å²) in [6.07, 6.45) is 0. The number of nitrogens with zero attached hydrogens (tertiary/aromatic N) is 2. The molecular weight excluding hydrogens is 258 g/mol. The van der Waals surface area contributed by atoms with Gasteiger partial charge in [0.25, 0.3) is 0 Å². The molecule has 0 atom stereocenters. The molecule has 2 rings (SSSR count). The van der Waals surface area contributed by atoms with E-state index in [1.165, 1.54) is 0 Å². The van der Waals surface area contributed by atoms with Crippen molar-refractivity contribution in [1.82, 2.24) is 9.55 Å². The molecule has 4 nitrogen and oxygen atoms in total. The van der Waals surface area contributed by atoms with Crippen molar-refractivity contribution in [2.75, 3.05) is 6.61 Å². The molecule has 0 aliphatic carbocycles. The summed E-state index contributed by atoms with van der Waals surface area (Å²) < 4.78 is 8.36. The Kier molecular flexibility index (Phi) is 3.74. The van der Waals surface area contributed by atoms with Gasteiger partial charge in [-0.15, -0.1) is 0 Å². The largest absolute Gasteiger partial charge is 0.374 e. The van der Waals surface area contributed by atoms with Crippen LogP contribution in [0, 0.1) is 16.1 Å². The Morgan fingerprint density at radius 1 is 1.47 bits per heavy atom. The first kappa shape index (κ1) is 13.8. The fraction of sp³-hybridized carbons (Fsp3) is 0.429. The van der Waals surface area contributed by atoms with Crippen LogP contribution >= 0.6 is 12.2 Å². The first-order valence-corrected chi connectivity index (χ1v) is 6.64. The molecule has 19 heavy (non-hydrogen) atoms. The molecule has 0 amide bonds. The second kappa shape index (κ2) is 5.16. The van der Waals surface area contributed by atoms with E-state index in [2.05, 4.69) is 11.1 Å². The molecule has 0 aliphatic rings. The van der Waals surface area contributed by atoms with Gasteiger partial charge >= 0.3 is 0 Å². The summed E-state index contributed by atoms with van der Waals surface area (Å²) in [5, 5.41) is 8.99. The summed E-state index contributed by atoms with van der Waals surface area (Å²) in [6, 6.07) is 7.67. The zero-order chi connectivity index (χ0) is 14.0. The molecule has 100 valence electrons. The van der Waals surface area contributed by atoms with Gasteiger partial charge in [-0.2, -0.15) is 5.26 Å². The van der Waals surface area contributed by atoms with E-state index in [0.717, 1.165) is 11.0 Å². The van der Waals surface area contributed by atoms with Gasteiger partial charge in [0.15, 0.2) is 4.77 Å². The van der Waals surface area contributed by atoms with Crippen molar-refractivity contribution in [3.63, 3.8) is 0 Å². The van der Waals surface area contributed by atoms with Gasteiger partial charge in [0.1, 0.15) is 0 Å². The van der Waals surface area contributed by atoms with Crippen LogP contribution in [0.15, 0.2) is 18.2 Å². The summed E-state index contributed by atoms with van der Waals surface area (Å²) in [7, 11) is 0. The molecule has 1 heterocycles. The number of ether oxygens (including phenoxy) is 1. The maximum atomic E-state index is 8.99. The number of fused-ring (bicyclic) bond motifs is 1. The Hall–Kier alpha value is -1.64. The van der Waals surface area contributed by atoms with Gasteiger partial charge in [0.05, 0.1) is 34.8 Å². The summed E-state index contributed by atoms with van der Waals surface area (Å²) in [6.45, 7) is 7.35. The molecule has 0 aliphatic heterocycles. The molecule has 2 aromatic rings. The summed E-state index contributed by atoms with van der Waals surface area (Å²) in [4.78, 5) is 3.16. The van der Waals surface area contributed by atoms with E-state index >= 15 is 0 Å². The van der Waals surface area contributed by atoms with Gasteiger partial charge < -0.3 is 14.3 Å². The number of hydrogen-bond donors (Lipinski definition) is 1. The molecule has 1 N–H and O–H groups in total. The first-order valence-electron chi connectivity index (χ1n) is 6.23. The molecular formula is C14H17N3OS. The van der Waals surface area contributed by atoms with Crippen LogP contribution in [0.1, 0.15) is 26.3 Å². The Labute approximate surface area is 117 Å². The number of nitriles is 1. The standard InChI is InChI=1S/C14H17N3OS/c1-4-18-14(2,3)9-17-12-7-10(8-15)5-6-11(12)16-13(17)19/h5-7H,4,9H2,1-3H3,(H,16,19). The van der Waals surface area contributed by atoms with Crippen molar-refractivity contribution < 1.29 is 4.74 Å². The fourth-order valence-electron chi connectivity index (χ4n) is 2.20. The summed E-state index contributed by atoms with van der Waals surface area (Å²) >= 11 is 5.35. The van der Waals surface area contributed by atoms with E-state index in [4.69, 9.17) is 22.2 Å². The molecule has 5 heteroatoms. The quantitative estimate of drug-likeness (QED) is 0.870. The van der Waals surface area contributed by atoms with Crippen LogP contribution in [0.5, 0.6) is 0 Å². The molecule has 0 saturated carbocycles. The van der Waals surface area contributed by atoms with Crippen molar-refractivity contribution in [3.05, 3.63) is 28.5 Å². The van der Waals surface area contributed by atoms with Crippen LogP contribution in [-0.4, -0.2) is 21.8 Å². The Morgan fingerprint density at radius 3 is 2.84 bits per heavy atom. The van der Waals surface area contributed by atoms with Gasteiger partial charge in [-0.3, -0.25) is 0 Å². The summed E-state index contributed by atoms with van der Waals surface area (Å²) in [5.74, 6) is 0. The molecule has 0 spiro atoms. The van der Waals surface area contributed by atoms with Gasteiger partial charge in [-0.1, -0.05) is 0 Å². The highest BCUT2D eigenvalue weighted by Gasteiger charge is 2.20. The van der Waals surface area contributed by atoms with Crippen LogP contribution in [0.25, 0.3) is 11.0 Å². The van der Waals surface area contributed by atoms with Crippen LogP contribution < -0.4 is 0 Å². The van der Waals surface area contributed by atoms with E-state index < -0.39 is 0 Å². The van der Waals surface area contributed by atoms with Crippen LogP contribution in [0.3, 0.4) is 0 Å². The highest BCUT2D eigenvalue weighted by molar-refractivity contribution is 7.71. The third kappa shape index (κ3) is 2.86. The molecule has 0 fully saturated rings. The number of H-pyrrole nitrogens is 1. The third-order valence-electron chi connectivity index (χ3n) is 2.98. The zero-order valence-electron chi connectivity index (χ0n) is 11.4. The number of benzene rings is 1. The highest BCUT2D eigenvalue weighted by atomic mass is 32.1. The predicted molar refractivity (Wildman–Crippen MR) is 77.5 cm³/mol. The lowest BCUT2D eigenvalue weighted by Crippen LogP contribution is -2.30. The van der Waals surface area contributed by atoms with Crippen LogP contribution in [-0.2, 0) is 11.3 Å². The molecule has 1 aromatic heterocycles. The minimum absolute atomic E-state index is 0.301. The minimum Gasteiger partial charge on any atom is -0.374 e. The lowest BCUT2D eigenvalue weighted by atomic mass is 10.1. The molecule has 0 radical (unpaired) electrons. The number of rotatable bonds is 4. The van der Waals surface area contributed by atoms with Crippen molar-refractivity contribution in [2.45, 2.75) is 32.9 Å². The van der Waals surface area contributed by atoms with Crippen molar-refractivity contribution in [1.29, 1.82) is 5.26 Å². The highest BCUT2D eigenvalue weighted by Crippen LogP contribution is 2.20. The van der Waals surface area contributed by atoms with E-state index in [1.807, 2.05) is 37.5 Å². The second-order valence-electron chi connectivity index (χ2n) is 5.05. The zero-order valence-corrected chi connectivity index (χ0v) is 12.2. The lowest BCUT2D eigenvalue weighted by molar-refractivity contribution is -0.0219. The van der Waals surface area contributed by atoms with E-state index in [1.54, 1.807) is 6.07 Å². The lowest BCUT2D eigenvalue weighted by Gasteiger charge is -2.25. The smallest absolute Gasteiger partial charge is 0.178 e. The average molecular weight is 275 g/mol. The van der Waals surface area contributed by atoms with Crippen molar-refractivity contribution in [2.24, 2.45) is 0 Å². The monoisotopic (exact) mass is 275 g/mol. The first-order chi connectivity index (χ1) is 8.96. The number of aromatic amines is 1. The third-order valence-corrected chi connectivity index (χ3v) is 3.30. The number of imidazole rings is 1. The molecule has 0 saturated heterocycles. The average Bonchev–Trinajstić information content (AvgIpc) is 2.65. The molecule has 0 unspecified atom stereocenters. The predicted octanol–water partition coefficient (Wildman–Crippen LogP) is 3.39. The molecule has 1 aromatic carbocycles. The Balaban J connectivity index is 2.51. The van der Waals surface area contributed by atoms with Crippen molar-refractivity contribution in [3.8, 4) is 6.07 Å². The Morgan fingerprint density at radius 2 is 2.21 bits per heavy atom. The van der Waals surface area contributed by atoms with E-state index in [0.29, 0.717) is 23.5 Å². The van der Waals surface area contributed by atoms with Gasteiger partial charge in [-0.25, -0.2) is 0 Å². The molecule has 0 bridgehead atoms. The van der Waals surface area contributed by atoms with Crippen LogP contribution in [0.2, 0.25) is 0 Å². The van der Waals surface area contributed by atoms with Gasteiger partial charge in [0.2, 0.25) is 0 Å². The number of aromatic nitrogens is 2. The number of hydrogen-bond acceptors (Lipinski definition) is 3. The number of nitrogens with one attached hydrogen (secondary N) is 1. The normalized spacial score (nSPS) is 11.7. The van der Waals surface area contributed by atoms with Crippen molar-refractivity contribution >= 4 is 23.3 Å². The SMILES string of the molecule is CCOC(C)(C)Cn1c(=S)[nH]c2ccc(C#N)cc21. The topological polar surface area (TPSA) is 53.7 Å². The maximum Gasteiger partial charge on any atom is 0.178 e. The van der Waals surface area contributed by atoms with E-state index in [-0.39, 0.29) is 5.60 Å². The fourth-order valence-corrected chi connectivity index (χ4v) is 2.47. The van der Waals surface area contributed by atoms with Crippen LogP contribution in [0.4, 0.5) is 0 Å². The Bertz CT molecular complexity index is 691. The van der Waals surface area contributed by atoms with E-state index in [9.17, 15) is 0 Å².